The van der Waals surface area contributed by atoms with Crippen molar-refractivity contribution < 1.29 is 4.39 Å². The molecule has 3 rings (SSSR count). The van der Waals surface area contributed by atoms with Crippen LogP contribution in [0.25, 0.3) is 11.1 Å². The first-order chi connectivity index (χ1) is 10.3. The van der Waals surface area contributed by atoms with E-state index in [-0.39, 0.29) is 5.82 Å². The molecule has 2 aromatic carbocycles. The van der Waals surface area contributed by atoms with Gasteiger partial charge in [-0.15, -0.1) is 0 Å². The van der Waals surface area contributed by atoms with E-state index >= 15 is 0 Å². The molecular formula is C19H22FN. The van der Waals surface area contributed by atoms with Crippen LogP contribution in [0.4, 0.5) is 4.39 Å². The Bertz CT molecular complexity index is 617. The summed E-state index contributed by atoms with van der Waals surface area (Å²) in [6.45, 7) is 2.81. The topological polar surface area (TPSA) is 12.0 Å². The van der Waals surface area contributed by atoms with Crippen LogP contribution in [0, 0.1) is 5.82 Å². The molecule has 2 heteroatoms. The average molecular weight is 283 g/mol. The summed E-state index contributed by atoms with van der Waals surface area (Å²) in [5, 5.41) is 3.36. The summed E-state index contributed by atoms with van der Waals surface area (Å²) < 4.78 is 14.2. The first-order valence-corrected chi connectivity index (χ1v) is 7.87. The Hall–Kier alpha value is -1.67. The normalized spacial score (nSPS) is 14.4. The molecule has 0 saturated heterocycles. The highest BCUT2D eigenvalue weighted by molar-refractivity contribution is 5.64. The first-order valence-electron chi connectivity index (χ1n) is 7.87. The minimum Gasteiger partial charge on any atom is -0.310 e. The minimum absolute atomic E-state index is 0.110. The first kappa shape index (κ1) is 14.3. The van der Waals surface area contributed by atoms with E-state index in [9.17, 15) is 4.39 Å². The largest absolute Gasteiger partial charge is 0.310 e. The van der Waals surface area contributed by atoms with Crippen LogP contribution in [0.3, 0.4) is 0 Å². The van der Waals surface area contributed by atoms with Crippen molar-refractivity contribution in [1.82, 2.24) is 5.32 Å². The van der Waals surface area contributed by atoms with Crippen molar-refractivity contribution in [3.63, 3.8) is 0 Å². The zero-order valence-corrected chi connectivity index (χ0v) is 12.5. The van der Waals surface area contributed by atoms with Crippen molar-refractivity contribution in [3.8, 4) is 11.1 Å². The minimum atomic E-state index is -0.110. The second kappa shape index (κ2) is 6.40. The maximum Gasteiger partial charge on any atom is 0.128 e. The quantitative estimate of drug-likeness (QED) is 0.810. The fraction of sp³-hybridized carbons (Fsp3) is 0.368. The number of aryl methyl sites for hydroxylation is 1. The molecule has 0 bridgehead atoms. The van der Waals surface area contributed by atoms with Gasteiger partial charge in [-0.1, -0.05) is 49.7 Å². The Balaban J connectivity index is 1.78. The van der Waals surface area contributed by atoms with E-state index < -0.39 is 0 Å². The molecule has 21 heavy (non-hydrogen) atoms. The van der Waals surface area contributed by atoms with Gasteiger partial charge in [0.05, 0.1) is 0 Å². The summed E-state index contributed by atoms with van der Waals surface area (Å²) in [6.07, 6.45) is 4.65. The van der Waals surface area contributed by atoms with Crippen LogP contribution >= 0.6 is 0 Å². The predicted octanol–water partition coefficient (Wildman–Crippen LogP) is 4.70. The lowest BCUT2D eigenvalue weighted by Gasteiger charge is -2.09. The third kappa shape index (κ3) is 3.70. The molecule has 2 aromatic rings. The van der Waals surface area contributed by atoms with Gasteiger partial charge in [0, 0.05) is 18.2 Å². The molecule has 0 aliphatic heterocycles. The van der Waals surface area contributed by atoms with Crippen molar-refractivity contribution in [1.29, 1.82) is 0 Å². The standard InChI is InChI=1S/C19H22FN/c1-2-4-14-5-3-6-15(11-14)16-7-8-17(19(20)12-16)13-21-18-9-10-18/h3,5-8,11-12,18,21H,2,4,9-10,13H2,1H3. The lowest BCUT2D eigenvalue weighted by molar-refractivity contribution is 0.587. The van der Waals surface area contributed by atoms with Gasteiger partial charge in [-0.05, 0) is 42.0 Å². The molecule has 0 radical (unpaired) electrons. The molecule has 0 unspecified atom stereocenters. The van der Waals surface area contributed by atoms with Gasteiger partial charge >= 0.3 is 0 Å². The van der Waals surface area contributed by atoms with Gasteiger partial charge in [0.15, 0.2) is 0 Å². The lowest BCUT2D eigenvalue weighted by Crippen LogP contribution is -2.16. The van der Waals surface area contributed by atoms with Crippen LogP contribution in [-0.4, -0.2) is 6.04 Å². The molecule has 0 aromatic heterocycles. The van der Waals surface area contributed by atoms with Gasteiger partial charge < -0.3 is 5.32 Å². The maximum absolute atomic E-state index is 14.2. The molecule has 1 N–H and O–H groups in total. The van der Waals surface area contributed by atoms with Gasteiger partial charge in [-0.2, -0.15) is 0 Å². The summed E-state index contributed by atoms with van der Waals surface area (Å²) in [7, 11) is 0. The molecule has 0 heterocycles. The van der Waals surface area contributed by atoms with E-state index in [4.69, 9.17) is 0 Å². The SMILES string of the molecule is CCCc1cccc(-c2ccc(CNC3CC3)c(F)c2)c1. The highest BCUT2D eigenvalue weighted by Crippen LogP contribution is 2.24. The Labute approximate surface area is 126 Å². The number of benzene rings is 2. The summed E-state index contributed by atoms with van der Waals surface area (Å²) >= 11 is 0. The van der Waals surface area contributed by atoms with E-state index in [1.807, 2.05) is 12.1 Å². The monoisotopic (exact) mass is 283 g/mol. The molecular weight excluding hydrogens is 261 g/mol. The van der Waals surface area contributed by atoms with Crippen molar-refractivity contribution in [3.05, 3.63) is 59.4 Å². The fourth-order valence-corrected chi connectivity index (χ4v) is 2.61. The van der Waals surface area contributed by atoms with Crippen molar-refractivity contribution in [2.75, 3.05) is 0 Å². The Kier molecular flexibility index (Phi) is 4.35. The Morgan fingerprint density at radius 3 is 2.62 bits per heavy atom. The number of halogens is 1. The molecule has 110 valence electrons. The molecule has 0 amide bonds. The maximum atomic E-state index is 14.2. The van der Waals surface area contributed by atoms with E-state index in [2.05, 4.69) is 36.5 Å². The van der Waals surface area contributed by atoms with Crippen LogP contribution in [0.1, 0.15) is 37.3 Å². The van der Waals surface area contributed by atoms with Gasteiger partial charge in [0.2, 0.25) is 0 Å². The zero-order valence-electron chi connectivity index (χ0n) is 12.5. The highest BCUT2D eigenvalue weighted by atomic mass is 19.1. The Morgan fingerprint density at radius 2 is 1.90 bits per heavy atom. The number of hydrogen-bond donors (Lipinski definition) is 1. The molecule has 1 aliphatic rings. The van der Waals surface area contributed by atoms with Gasteiger partial charge in [-0.25, -0.2) is 4.39 Å². The van der Waals surface area contributed by atoms with Crippen LogP contribution in [-0.2, 0) is 13.0 Å². The number of rotatable bonds is 6. The van der Waals surface area contributed by atoms with E-state index in [0.29, 0.717) is 12.6 Å². The molecule has 1 aliphatic carbocycles. The third-order valence-corrected chi connectivity index (χ3v) is 4.01. The molecule has 1 fully saturated rings. The number of nitrogens with one attached hydrogen (secondary N) is 1. The van der Waals surface area contributed by atoms with Crippen molar-refractivity contribution in [2.45, 2.75) is 45.2 Å². The summed E-state index contributed by atoms with van der Waals surface area (Å²) in [6, 6.07) is 14.6. The smallest absolute Gasteiger partial charge is 0.128 e. The molecule has 1 saturated carbocycles. The molecule has 0 atom stereocenters. The second-order valence-corrected chi connectivity index (χ2v) is 5.91. The fourth-order valence-electron chi connectivity index (χ4n) is 2.61. The van der Waals surface area contributed by atoms with Gasteiger partial charge in [0.25, 0.3) is 0 Å². The lowest BCUT2D eigenvalue weighted by atomic mass is 10.00. The summed E-state index contributed by atoms with van der Waals surface area (Å²) in [5.41, 5.74) is 4.13. The molecule has 1 nitrogen and oxygen atoms in total. The predicted molar refractivity (Wildman–Crippen MR) is 85.7 cm³/mol. The number of hydrogen-bond acceptors (Lipinski definition) is 1. The van der Waals surface area contributed by atoms with E-state index in [0.717, 1.165) is 29.5 Å². The second-order valence-electron chi connectivity index (χ2n) is 5.91. The zero-order chi connectivity index (χ0) is 14.7. The molecule has 0 spiro atoms. The average Bonchev–Trinajstić information content (AvgIpc) is 3.31. The van der Waals surface area contributed by atoms with Crippen LogP contribution in [0.15, 0.2) is 42.5 Å². The van der Waals surface area contributed by atoms with E-state index in [1.165, 1.54) is 18.4 Å². The Morgan fingerprint density at radius 1 is 1.10 bits per heavy atom. The van der Waals surface area contributed by atoms with E-state index in [1.54, 1.807) is 6.07 Å². The van der Waals surface area contributed by atoms with Crippen molar-refractivity contribution >= 4 is 0 Å². The van der Waals surface area contributed by atoms with Gasteiger partial charge in [0.1, 0.15) is 5.82 Å². The van der Waals surface area contributed by atoms with Crippen LogP contribution in [0.2, 0.25) is 0 Å². The van der Waals surface area contributed by atoms with Crippen LogP contribution in [0.5, 0.6) is 0 Å². The summed E-state index contributed by atoms with van der Waals surface area (Å²) in [5.74, 6) is -0.110. The highest BCUT2D eigenvalue weighted by Gasteiger charge is 2.20. The van der Waals surface area contributed by atoms with Gasteiger partial charge in [-0.3, -0.25) is 0 Å². The van der Waals surface area contributed by atoms with Crippen LogP contribution < -0.4 is 5.32 Å². The summed E-state index contributed by atoms with van der Waals surface area (Å²) in [4.78, 5) is 0. The third-order valence-electron chi connectivity index (χ3n) is 4.01. The van der Waals surface area contributed by atoms with Crippen molar-refractivity contribution in [2.24, 2.45) is 0 Å².